The molecule has 0 fully saturated rings. The minimum absolute atomic E-state index is 0.130. The van der Waals surface area contributed by atoms with E-state index in [0.29, 0.717) is 0 Å². The molecule has 0 spiro atoms. The fourth-order valence-corrected chi connectivity index (χ4v) is 5.99. The van der Waals surface area contributed by atoms with E-state index in [1.165, 1.54) is 21.6 Å². The van der Waals surface area contributed by atoms with Crippen LogP contribution in [0.1, 0.15) is 53.5 Å². The Morgan fingerprint density at radius 2 is 1.73 bits per heavy atom. The number of fused-ring (bicyclic) bond motifs is 3. The molecule has 2 aliphatic rings. The van der Waals surface area contributed by atoms with Gasteiger partial charge in [0.1, 0.15) is 11.6 Å². The fourth-order valence-electron chi connectivity index (χ4n) is 3.70. The molecule has 2 aliphatic heterocycles. The van der Waals surface area contributed by atoms with Crippen LogP contribution in [0.2, 0.25) is 18.1 Å². The maximum Gasteiger partial charge on any atom is 0.250 e. The molecule has 6 heteroatoms. The van der Waals surface area contributed by atoms with Gasteiger partial charge in [-0.2, -0.15) is 0 Å². The molecular formula is C27H37N3OSSi. The second-order valence-electron chi connectivity index (χ2n) is 11.5. The van der Waals surface area contributed by atoms with Gasteiger partial charge in [-0.1, -0.05) is 50.7 Å². The number of hydrogen-bond donors (Lipinski definition) is 0. The van der Waals surface area contributed by atoms with Crippen LogP contribution in [0.25, 0.3) is 11.1 Å². The third kappa shape index (κ3) is 5.22. The summed E-state index contributed by atoms with van der Waals surface area (Å²) in [6, 6.07) is 15.3. The zero-order chi connectivity index (χ0) is 24.0. The SMILES string of the molecule is CC(C)(C)N=C1Sc2cc(-c3cccc(O[Si](C)(C)C(C)(C)C)c3)ccc2C2=NCCCN12. The summed E-state index contributed by atoms with van der Waals surface area (Å²) in [6.07, 6.45) is 1.07. The first-order valence-electron chi connectivity index (χ1n) is 11.9. The van der Waals surface area contributed by atoms with Gasteiger partial charge < -0.3 is 9.33 Å². The van der Waals surface area contributed by atoms with E-state index in [4.69, 9.17) is 14.4 Å². The average molecular weight is 480 g/mol. The van der Waals surface area contributed by atoms with Crippen molar-refractivity contribution in [1.29, 1.82) is 0 Å². The summed E-state index contributed by atoms with van der Waals surface area (Å²) in [5, 5.41) is 1.22. The molecule has 0 saturated heterocycles. The largest absolute Gasteiger partial charge is 0.543 e. The lowest BCUT2D eigenvalue weighted by atomic mass is 10.0. The van der Waals surface area contributed by atoms with Gasteiger partial charge in [-0.15, -0.1) is 0 Å². The van der Waals surface area contributed by atoms with E-state index < -0.39 is 8.32 Å². The van der Waals surface area contributed by atoms with E-state index in [0.717, 1.165) is 36.3 Å². The summed E-state index contributed by atoms with van der Waals surface area (Å²) in [5.74, 6) is 2.03. The molecule has 2 heterocycles. The Bertz CT molecular complexity index is 1110. The van der Waals surface area contributed by atoms with Gasteiger partial charge in [-0.05, 0) is 80.7 Å². The van der Waals surface area contributed by atoms with Crippen molar-refractivity contribution in [1.82, 2.24) is 4.90 Å². The Morgan fingerprint density at radius 1 is 1.00 bits per heavy atom. The standard InChI is InChI=1S/C27H37N3OSSi/c1-26(2,3)29-25-30-16-10-15-28-24(30)22-14-13-20(18-23(22)32-25)19-11-9-12-21(17-19)31-33(7,8)27(4,5)6/h9,11-14,17-18H,10,15-16H2,1-8H3. The van der Waals surface area contributed by atoms with E-state index in [2.05, 4.69) is 102 Å². The van der Waals surface area contributed by atoms with Crippen molar-refractivity contribution in [2.24, 2.45) is 9.98 Å². The van der Waals surface area contributed by atoms with Crippen LogP contribution in [0.4, 0.5) is 0 Å². The summed E-state index contributed by atoms with van der Waals surface area (Å²) in [4.78, 5) is 13.5. The number of aliphatic imine (C=N–C) groups is 2. The molecule has 33 heavy (non-hydrogen) atoms. The van der Waals surface area contributed by atoms with Crippen LogP contribution < -0.4 is 4.43 Å². The van der Waals surface area contributed by atoms with Crippen LogP contribution in [0, 0.1) is 0 Å². The zero-order valence-electron chi connectivity index (χ0n) is 21.3. The summed E-state index contributed by atoms with van der Waals surface area (Å²) < 4.78 is 6.57. The van der Waals surface area contributed by atoms with E-state index in [1.54, 1.807) is 11.8 Å². The van der Waals surface area contributed by atoms with E-state index in [-0.39, 0.29) is 10.6 Å². The molecule has 2 aromatic rings. The molecule has 0 aromatic heterocycles. The lowest BCUT2D eigenvalue weighted by Crippen LogP contribution is -2.43. The highest BCUT2D eigenvalue weighted by molar-refractivity contribution is 8.14. The molecule has 0 N–H and O–H groups in total. The molecule has 0 atom stereocenters. The van der Waals surface area contributed by atoms with Crippen LogP contribution in [-0.4, -0.2) is 42.8 Å². The van der Waals surface area contributed by atoms with Gasteiger partial charge in [-0.25, -0.2) is 0 Å². The molecule has 0 unspecified atom stereocenters. The molecule has 0 bridgehead atoms. The zero-order valence-corrected chi connectivity index (χ0v) is 23.1. The quantitative estimate of drug-likeness (QED) is 0.429. The first kappa shape index (κ1) is 24.1. The molecular weight excluding hydrogens is 442 g/mol. The predicted molar refractivity (Wildman–Crippen MR) is 145 cm³/mol. The lowest BCUT2D eigenvalue weighted by molar-refractivity contribution is 0.492. The summed E-state index contributed by atoms with van der Waals surface area (Å²) in [6.45, 7) is 19.7. The van der Waals surface area contributed by atoms with Gasteiger partial charge >= 0.3 is 0 Å². The monoisotopic (exact) mass is 479 g/mol. The van der Waals surface area contributed by atoms with E-state index in [9.17, 15) is 0 Å². The van der Waals surface area contributed by atoms with Crippen molar-refractivity contribution in [2.45, 2.75) is 76.5 Å². The Morgan fingerprint density at radius 3 is 2.42 bits per heavy atom. The van der Waals surface area contributed by atoms with E-state index in [1.807, 2.05) is 0 Å². The van der Waals surface area contributed by atoms with Gasteiger partial charge in [0.05, 0.1) is 5.54 Å². The molecule has 4 rings (SSSR count). The predicted octanol–water partition coefficient (Wildman–Crippen LogP) is 7.45. The number of benzene rings is 2. The summed E-state index contributed by atoms with van der Waals surface area (Å²) >= 11 is 1.77. The topological polar surface area (TPSA) is 37.2 Å². The number of hydrogen-bond acceptors (Lipinski definition) is 4. The smallest absolute Gasteiger partial charge is 0.250 e. The van der Waals surface area contributed by atoms with Crippen LogP contribution in [-0.2, 0) is 0 Å². The van der Waals surface area contributed by atoms with Crippen molar-refractivity contribution in [3.8, 4) is 16.9 Å². The Labute approximate surface area is 204 Å². The minimum atomic E-state index is -1.89. The molecule has 4 nitrogen and oxygen atoms in total. The van der Waals surface area contributed by atoms with Gasteiger partial charge in [-0.3, -0.25) is 9.98 Å². The highest BCUT2D eigenvalue weighted by Gasteiger charge is 2.39. The molecule has 0 radical (unpaired) electrons. The van der Waals surface area contributed by atoms with Crippen LogP contribution >= 0.6 is 11.8 Å². The van der Waals surface area contributed by atoms with Gasteiger partial charge in [0, 0.05) is 23.5 Å². The number of nitrogens with zero attached hydrogens (tertiary/aromatic N) is 3. The third-order valence-electron chi connectivity index (χ3n) is 6.49. The van der Waals surface area contributed by atoms with Crippen LogP contribution in [0.5, 0.6) is 5.75 Å². The van der Waals surface area contributed by atoms with E-state index >= 15 is 0 Å². The average Bonchev–Trinajstić information content (AvgIpc) is 2.71. The highest BCUT2D eigenvalue weighted by atomic mass is 32.2. The first-order chi connectivity index (χ1) is 15.3. The molecule has 0 amide bonds. The number of rotatable bonds is 3. The van der Waals surface area contributed by atoms with Crippen molar-refractivity contribution in [3.05, 3.63) is 48.0 Å². The first-order valence-corrected chi connectivity index (χ1v) is 15.6. The van der Waals surface area contributed by atoms with Crippen molar-refractivity contribution >= 4 is 31.1 Å². The third-order valence-corrected chi connectivity index (χ3v) is 11.9. The second kappa shape index (κ2) is 8.62. The Kier molecular flexibility index (Phi) is 6.29. The summed E-state index contributed by atoms with van der Waals surface area (Å²) in [5.41, 5.74) is 3.46. The van der Waals surface area contributed by atoms with Gasteiger partial charge in [0.2, 0.25) is 8.32 Å². The maximum atomic E-state index is 6.57. The normalized spacial score (nSPS) is 18.0. The number of amidine groups is 2. The summed E-state index contributed by atoms with van der Waals surface area (Å²) in [7, 11) is -1.89. The van der Waals surface area contributed by atoms with Crippen LogP contribution in [0.3, 0.4) is 0 Å². The van der Waals surface area contributed by atoms with Crippen molar-refractivity contribution in [2.75, 3.05) is 13.1 Å². The molecule has 2 aromatic carbocycles. The second-order valence-corrected chi connectivity index (χ2v) is 17.2. The fraction of sp³-hybridized carbons (Fsp3) is 0.481. The number of thioether (sulfide) groups is 1. The Balaban J connectivity index is 1.70. The van der Waals surface area contributed by atoms with Crippen molar-refractivity contribution < 1.29 is 4.43 Å². The lowest BCUT2D eigenvalue weighted by Gasteiger charge is -2.36. The van der Waals surface area contributed by atoms with Crippen molar-refractivity contribution in [3.63, 3.8) is 0 Å². The Hall–Kier alpha value is -2.05. The van der Waals surface area contributed by atoms with Gasteiger partial charge in [0.15, 0.2) is 5.17 Å². The maximum absolute atomic E-state index is 6.57. The van der Waals surface area contributed by atoms with Crippen LogP contribution in [0.15, 0.2) is 57.3 Å². The highest BCUT2D eigenvalue weighted by Crippen LogP contribution is 2.40. The minimum Gasteiger partial charge on any atom is -0.543 e. The molecule has 0 saturated carbocycles. The molecule has 176 valence electrons. The van der Waals surface area contributed by atoms with Gasteiger partial charge in [0.25, 0.3) is 0 Å². The molecule has 0 aliphatic carbocycles.